The van der Waals surface area contributed by atoms with Gasteiger partial charge in [-0.05, 0) is 36.1 Å². The number of thioether (sulfide) groups is 1. The first-order valence-corrected chi connectivity index (χ1v) is 8.94. The topological polar surface area (TPSA) is 38.3 Å². The van der Waals surface area contributed by atoms with E-state index >= 15 is 0 Å². The molecule has 0 bridgehead atoms. The van der Waals surface area contributed by atoms with Crippen LogP contribution in [-0.2, 0) is 17.0 Å². The smallest absolute Gasteiger partial charge is 0.230 e. The van der Waals surface area contributed by atoms with Gasteiger partial charge in [-0.3, -0.25) is 4.79 Å². The highest BCUT2D eigenvalue weighted by molar-refractivity contribution is 7.99. The zero-order valence-electron chi connectivity index (χ0n) is 13.5. The van der Waals surface area contributed by atoms with E-state index in [2.05, 4.69) is 23.5 Å². The molecule has 2 aromatic rings. The Balaban J connectivity index is 1.57. The fraction of sp³-hybridized carbons (Fsp3) is 0.316. The van der Waals surface area contributed by atoms with E-state index in [4.69, 9.17) is 4.74 Å². The number of hydrogen-bond donors (Lipinski definition) is 1. The number of hydrogen-bond acceptors (Lipinski definition) is 3. The minimum Gasteiger partial charge on any atom is -0.497 e. The second kappa shape index (κ2) is 9.95. The van der Waals surface area contributed by atoms with Crippen LogP contribution in [0.25, 0.3) is 0 Å². The lowest BCUT2D eigenvalue weighted by atomic mass is 10.1. The van der Waals surface area contributed by atoms with Gasteiger partial charge < -0.3 is 10.1 Å². The van der Waals surface area contributed by atoms with Crippen molar-refractivity contribution in [1.29, 1.82) is 0 Å². The predicted octanol–water partition coefficient (Wildman–Crippen LogP) is 3.68. The molecule has 0 aliphatic rings. The summed E-state index contributed by atoms with van der Waals surface area (Å²) in [5.41, 5.74) is 2.49. The van der Waals surface area contributed by atoms with Crippen molar-refractivity contribution in [1.82, 2.24) is 5.32 Å². The summed E-state index contributed by atoms with van der Waals surface area (Å²) < 4.78 is 5.21. The fourth-order valence-corrected chi connectivity index (χ4v) is 3.05. The van der Waals surface area contributed by atoms with Gasteiger partial charge in [0.25, 0.3) is 0 Å². The van der Waals surface area contributed by atoms with E-state index in [1.54, 1.807) is 18.9 Å². The Morgan fingerprint density at radius 2 is 1.87 bits per heavy atom. The Kier molecular flexibility index (Phi) is 7.54. The quantitative estimate of drug-likeness (QED) is 0.713. The number of carbonyl (C=O) groups excluding carboxylic acids is 1. The van der Waals surface area contributed by atoms with Crippen molar-refractivity contribution in [2.24, 2.45) is 0 Å². The van der Waals surface area contributed by atoms with E-state index in [0.717, 1.165) is 24.3 Å². The van der Waals surface area contributed by atoms with Crippen LogP contribution in [0, 0.1) is 0 Å². The Hall–Kier alpha value is -1.94. The number of rotatable bonds is 9. The highest BCUT2D eigenvalue weighted by atomic mass is 32.2. The van der Waals surface area contributed by atoms with Crippen LogP contribution < -0.4 is 10.1 Å². The van der Waals surface area contributed by atoms with Gasteiger partial charge in [-0.25, -0.2) is 0 Å². The standard InChI is InChI=1S/C19H23NO2S/c1-22-18-11-5-9-16(13-18)10-6-12-20-19(21)15-23-14-17-7-3-2-4-8-17/h2-5,7-9,11,13H,6,10,12,14-15H2,1H3,(H,20,21). The third kappa shape index (κ3) is 6.78. The molecule has 2 rings (SSSR count). The lowest BCUT2D eigenvalue weighted by Gasteiger charge is -2.07. The second-order valence-electron chi connectivity index (χ2n) is 5.28. The summed E-state index contributed by atoms with van der Waals surface area (Å²) in [5.74, 6) is 2.37. The van der Waals surface area contributed by atoms with Gasteiger partial charge in [0.05, 0.1) is 12.9 Å². The van der Waals surface area contributed by atoms with Crippen LogP contribution in [0.15, 0.2) is 54.6 Å². The molecule has 122 valence electrons. The summed E-state index contributed by atoms with van der Waals surface area (Å²) in [6.45, 7) is 0.710. The first kappa shape index (κ1) is 17.4. The van der Waals surface area contributed by atoms with E-state index < -0.39 is 0 Å². The number of nitrogens with one attached hydrogen (secondary N) is 1. The fourth-order valence-electron chi connectivity index (χ4n) is 2.24. The maximum Gasteiger partial charge on any atom is 0.230 e. The molecule has 1 amide bonds. The van der Waals surface area contributed by atoms with Crippen molar-refractivity contribution in [2.75, 3.05) is 19.4 Å². The molecule has 0 fully saturated rings. The van der Waals surface area contributed by atoms with E-state index in [1.165, 1.54) is 11.1 Å². The second-order valence-corrected chi connectivity index (χ2v) is 6.27. The highest BCUT2D eigenvalue weighted by Gasteiger charge is 2.02. The number of carbonyl (C=O) groups is 1. The first-order valence-electron chi connectivity index (χ1n) is 7.79. The monoisotopic (exact) mass is 329 g/mol. The molecule has 3 nitrogen and oxygen atoms in total. The summed E-state index contributed by atoms with van der Waals surface area (Å²) in [6, 6.07) is 18.3. The number of methoxy groups -OCH3 is 1. The number of benzene rings is 2. The molecule has 0 aliphatic carbocycles. The Morgan fingerprint density at radius 1 is 1.09 bits per heavy atom. The van der Waals surface area contributed by atoms with Gasteiger partial charge in [0.2, 0.25) is 5.91 Å². The van der Waals surface area contributed by atoms with Crippen molar-refractivity contribution in [3.8, 4) is 5.75 Å². The van der Waals surface area contributed by atoms with Crippen LogP contribution in [0.4, 0.5) is 0 Å². The lowest BCUT2D eigenvalue weighted by Crippen LogP contribution is -2.26. The molecule has 0 unspecified atom stereocenters. The molecule has 23 heavy (non-hydrogen) atoms. The maximum absolute atomic E-state index is 11.8. The van der Waals surface area contributed by atoms with E-state index in [0.29, 0.717) is 12.3 Å². The molecule has 0 aromatic heterocycles. The van der Waals surface area contributed by atoms with Crippen LogP contribution in [0.2, 0.25) is 0 Å². The predicted molar refractivity (Wildman–Crippen MR) is 96.9 cm³/mol. The van der Waals surface area contributed by atoms with Gasteiger partial charge >= 0.3 is 0 Å². The van der Waals surface area contributed by atoms with Gasteiger partial charge in [-0.2, -0.15) is 0 Å². The highest BCUT2D eigenvalue weighted by Crippen LogP contribution is 2.14. The molecule has 0 heterocycles. The van der Waals surface area contributed by atoms with Gasteiger partial charge in [0, 0.05) is 12.3 Å². The van der Waals surface area contributed by atoms with Crippen LogP contribution >= 0.6 is 11.8 Å². The maximum atomic E-state index is 11.8. The Bertz CT molecular complexity index is 601. The van der Waals surface area contributed by atoms with Gasteiger partial charge in [0.1, 0.15) is 5.75 Å². The van der Waals surface area contributed by atoms with Crippen LogP contribution in [-0.4, -0.2) is 25.3 Å². The normalized spacial score (nSPS) is 10.3. The molecule has 0 spiro atoms. The van der Waals surface area contributed by atoms with Crippen molar-refractivity contribution in [2.45, 2.75) is 18.6 Å². The first-order chi connectivity index (χ1) is 11.3. The van der Waals surface area contributed by atoms with E-state index in [-0.39, 0.29) is 5.91 Å². The molecule has 0 radical (unpaired) electrons. The SMILES string of the molecule is COc1cccc(CCCNC(=O)CSCc2ccccc2)c1. The molecule has 1 N–H and O–H groups in total. The van der Waals surface area contributed by atoms with Crippen molar-refractivity contribution >= 4 is 17.7 Å². The van der Waals surface area contributed by atoms with Gasteiger partial charge in [0.15, 0.2) is 0 Å². The lowest BCUT2D eigenvalue weighted by molar-refractivity contribution is -0.118. The summed E-state index contributed by atoms with van der Waals surface area (Å²) in [7, 11) is 1.67. The summed E-state index contributed by atoms with van der Waals surface area (Å²) in [6.07, 6.45) is 1.87. The average Bonchev–Trinajstić information content (AvgIpc) is 2.60. The number of ether oxygens (including phenoxy) is 1. The van der Waals surface area contributed by atoms with Crippen molar-refractivity contribution < 1.29 is 9.53 Å². The summed E-state index contributed by atoms with van der Waals surface area (Å²) in [5, 5.41) is 2.98. The number of amides is 1. The van der Waals surface area contributed by atoms with Gasteiger partial charge in [-0.1, -0.05) is 42.5 Å². The van der Waals surface area contributed by atoms with E-state index in [9.17, 15) is 4.79 Å². The Labute approximate surface area is 142 Å². The minimum atomic E-state index is 0.108. The summed E-state index contributed by atoms with van der Waals surface area (Å²) in [4.78, 5) is 11.8. The van der Waals surface area contributed by atoms with E-state index in [1.807, 2.05) is 36.4 Å². The molecular weight excluding hydrogens is 306 g/mol. The third-order valence-electron chi connectivity index (χ3n) is 3.44. The number of aryl methyl sites for hydroxylation is 1. The molecule has 0 saturated heterocycles. The van der Waals surface area contributed by atoms with Crippen LogP contribution in [0.3, 0.4) is 0 Å². The van der Waals surface area contributed by atoms with Crippen molar-refractivity contribution in [3.63, 3.8) is 0 Å². The molecule has 0 saturated carbocycles. The van der Waals surface area contributed by atoms with Crippen molar-refractivity contribution in [3.05, 3.63) is 65.7 Å². The third-order valence-corrected chi connectivity index (χ3v) is 4.45. The zero-order chi connectivity index (χ0) is 16.3. The largest absolute Gasteiger partial charge is 0.497 e. The molecule has 0 atom stereocenters. The van der Waals surface area contributed by atoms with Crippen LogP contribution in [0.1, 0.15) is 17.5 Å². The van der Waals surface area contributed by atoms with Crippen LogP contribution in [0.5, 0.6) is 5.75 Å². The zero-order valence-corrected chi connectivity index (χ0v) is 14.3. The Morgan fingerprint density at radius 3 is 2.65 bits per heavy atom. The molecule has 0 aliphatic heterocycles. The molecule has 2 aromatic carbocycles. The minimum absolute atomic E-state index is 0.108. The molecule has 4 heteroatoms. The average molecular weight is 329 g/mol. The summed E-state index contributed by atoms with van der Waals surface area (Å²) >= 11 is 1.65. The van der Waals surface area contributed by atoms with Gasteiger partial charge in [-0.15, -0.1) is 11.8 Å². The molecular formula is C19H23NO2S.